The Balaban J connectivity index is 1.78. The molecule has 1 amide bonds. The molecule has 1 aliphatic carbocycles. The van der Waals surface area contributed by atoms with Crippen LogP contribution in [0.2, 0.25) is 0 Å². The van der Waals surface area contributed by atoms with Gasteiger partial charge in [-0.3, -0.25) is 4.79 Å². The van der Waals surface area contributed by atoms with E-state index in [1.807, 2.05) is 18.2 Å². The van der Waals surface area contributed by atoms with Gasteiger partial charge in [0, 0.05) is 25.0 Å². The molecule has 1 aromatic rings. The molecule has 0 saturated heterocycles. The van der Waals surface area contributed by atoms with Crippen molar-refractivity contribution >= 4 is 27.5 Å². The average Bonchev–Trinajstić information content (AvgIpc) is 2.65. The maximum atomic E-state index is 12.2. The summed E-state index contributed by atoms with van der Waals surface area (Å²) >= 11 is 0. The molecule has 9 heteroatoms. The van der Waals surface area contributed by atoms with Gasteiger partial charge >= 0.3 is 0 Å². The molecule has 0 bridgehead atoms. The van der Waals surface area contributed by atoms with Crippen LogP contribution in [0, 0.1) is 23.7 Å². The molecular formula is C17H28N4O3S2. The first-order chi connectivity index (χ1) is 12.7. The van der Waals surface area contributed by atoms with E-state index in [1.54, 1.807) is 17.0 Å². The number of hydrogen-bond donors (Lipinski definition) is 5. The lowest BCUT2D eigenvalue weighted by Gasteiger charge is -2.54. The molecule has 26 heavy (non-hydrogen) atoms. The Hall–Kier alpha value is -0.840. The van der Waals surface area contributed by atoms with Gasteiger partial charge in [0.2, 0.25) is 5.91 Å². The third kappa shape index (κ3) is 5.34. The van der Waals surface area contributed by atoms with E-state index >= 15 is 0 Å². The van der Waals surface area contributed by atoms with Crippen molar-refractivity contribution in [2.75, 3.05) is 32.1 Å². The second-order valence-electron chi connectivity index (χ2n) is 6.40. The second kappa shape index (κ2) is 11.1. The summed E-state index contributed by atoms with van der Waals surface area (Å²) in [7, 11) is 3.10. The number of nitrogens with two attached hydrogens (primary N) is 2. The van der Waals surface area contributed by atoms with Crippen LogP contribution in [0.1, 0.15) is 6.42 Å². The van der Waals surface area contributed by atoms with Gasteiger partial charge in [-0.1, -0.05) is 16.9 Å². The van der Waals surface area contributed by atoms with Crippen LogP contribution >= 0.6 is 21.6 Å². The zero-order valence-electron chi connectivity index (χ0n) is 14.7. The van der Waals surface area contributed by atoms with Crippen LogP contribution in [0.15, 0.2) is 29.4 Å². The molecule has 1 heterocycles. The van der Waals surface area contributed by atoms with E-state index in [9.17, 15) is 15.0 Å². The summed E-state index contributed by atoms with van der Waals surface area (Å²) in [6, 6.07) is 5.31. The van der Waals surface area contributed by atoms with Gasteiger partial charge < -0.3 is 27.0 Å². The Labute approximate surface area is 162 Å². The van der Waals surface area contributed by atoms with Gasteiger partial charge in [-0.05, 0) is 59.7 Å². The van der Waals surface area contributed by atoms with E-state index in [4.69, 9.17) is 11.5 Å². The topological polar surface area (TPSA) is 134 Å². The van der Waals surface area contributed by atoms with Crippen molar-refractivity contribution in [1.82, 2.24) is 10.3 Å². The Morgan fingerprint density at radius 3 is 2.58 bits per heavy atom. The number of pyridine rings is 1. The normalized spacial score (nSPS) is 26.2. The van der Waals surface area contributed by atoms with Gasteiger partial charge in [-0.15, -0.1) is 0 Å². The maximum Gasteiger partial charge on any atom is 0.221 e. The number of aliphatic hydroxyl groups excluding tert-OH is 2. The summed E-state index contributed by atoms with van der Waals surface area (Å²) in [4.78, 5) is 16.4. The predicted molar refractivity (Wildman–Crippen MR) is 105 cm³/mol. The minimum atomic E-state index is -0.399. The molecule has 0 spiro atoms. The van der Waals surface area contributed by atoms with Gasteiger partial charge in [0.05, 0.1) is 12.6 Å². The quantitative estimate of drug-likeness (QED) is 0.260. The SMILES string of the molecule is NCC1C(CN)C(C(CO)NC(=O)CCSSc2ccccn2)C1CO. The molecule has 0 radical (unpaired) electrons. The molecule has 1 aliphatic rings. The first kappa shape index (κ1) is 21.5. The van der Waals surface area contributed by atoms with E-state index in [1.165, 1.54) is 10.8 Å². The summed E-state index contributed by atoms with van der Waals surface area (Å²) < 4.78 is 0. The Morgan fingerprint density at radius 1 is 1.23 bits per heavy atom. The molecule has 0 aromatic carbocycles. The molecule has 5 unspecified atom stereocenters. The van der Waals surface area contributed by atoms with E-state index < -0.39 is 6.04 Å². The van der Waals surface area contributed by atoms with E-state index in [-0.39, 0.29) is 42.8 Å². The van der Waals surface area contributed by atoms with Crippen molar-refractivity contribution in [3.8, 4) is 0 Å². The molecule has 1 fully saturated rings. The van der Waals surface area contributed by atoms with Crippen LogP contribution < -0.4 is 16.8 Å². The van der Waals surface area contributed by atoms with Gasteiger partial charge in [0.15, 0.2) is 0 Å². The summed E-state index contributed by atoms with van der Waals surface area (Å²) in [5.41, 5.74) is 11.6. The highest BCUT2D eigenvalue weighted by Crippen LogP contribution is 2.46. The monoisotopic (exact) mass is 400 g/mol. The van der Waals surface area contributed by atoms with Crippen molar-refractivity contribution in [2.45, 2.75) is 17.5 Å². The molecule has 1 aromatic heterocycles. The van der Waals surface area contributed by atoms with Crippen molar-refractivity contribution in [2.24, 2.45) is 35.1 Å². The smallest absolute Gasteiger partial charge is 0.221 e. The number of rotatable bonds is 11. The van der Waals surface area contributed by atoms with E-state index in [0.717, 1.165) is 5.03 Å². The number of nitrogens with one attached hydrogen (secondary N) is 1. The number of carbonyl (C=O) groups is 1. The van der Waals surface area contributed by atoms with Crippen LogP contribution in [-0.2, 0) is 4.79 Å². The van der Waals surface area contributed by atoms with Gasteiger partial charge in [0.25, 0.3) is 0 Å². The van der Waals surface area contributed by atoms with Crippen molar-refractivity contribution in [1.29, 1.82) is 0 Å². The molecule has 7 nitrogen and oxygen atoms in total. The van der Waals surface area contributed by atoms with Crippen molar-refractivity contribution in [3.63, 3.8) is 0 Å². The summed E-state index contributed by atoms with van der Waals surface area (Å²) in [5.74, 6) is 0.727. The summed E-state index contributed by atoms with van der Waals surface area (Å²) in [6.07, 6.45) is 2.09. The number of aliphatic hydroxyl groups is 2. The zero-order valence-corrected chi connectivity index (χ0v) is 16.3. The molecule has 146 valence electrons. The van der Waals surface area contributed by atoms with Crippen molar-refractivity contribution in [3.05, 3.63) is 24.4 Å². The Morgan fingerprint density at radius 2 is 2.00 bits per heavy atom. The van der Waals surface area contributed by atoms with Crippen molar-refractivity contribution < 1.29 is 15.0 Å². The fourth-order valence-corrected chi connectivity index (χ4v) is 5.64. The lowest BCUT2D eigenvalue weighted by molar-refractivity contribution is -0.126. The number of hydrogen-bond acceptors (Lipinski definition) is 8. The highest BCUT2D eigenvalue weighted by atomic mass is 33.1. The first-order valence-corrected chi connectivity index (χ1v) is 11.1. The number of carbonyl (C=O) groups excluding carboxylic acids is 1. The van der Waals surface area contributed by atoms with Crippen LogP contribution in [-0.4, -0.2) is 59.2 Å². The molecule has 5 atom stereocenters. The number of aromatic nitrogens is 1. The van der Waals surface area contributed by atoms with Crippen LogP contribution in [0.25, 0.3) is 0 Å². The summed E-state index contributed by atoms with van der Waals surface area (Å²) in [5, 5.41) is 23.2. The van der Waals surface area contributed by atoms with Gasteiger partial charge in [-0.2, -0.15) is 0 Å². The maximum absolute atomic E-state index is 12.2. The fourth-order valence-electron chi connectivity index (χ4n) is 3.77. The molecular weight excluding hydrogens is 372 g/mol. The third-order valence-electron chi connectivity index (χ3n) is 5.05. The fraction of sp³-hybridized carbons (Fsp3) is 0.647. The average molecular weight is 401 g/mol. The van der Waals surface area contributed by atoms with E-state index in [2.05, 4.69) is 10.3 Å². The number of nitrogens with zero attached hydrogens (tertiary/aromatic N) is 1. The van der Waals surface area contributed by atoms with Crippen LogP contribution in [0.3, 0.4) is 0 Å². The highest BCUT2D eigenvalue weighted by molar-refractivity contribution is 8.76. The molecule has 7 N–H and O–H groups in total. The second-order valence-corrected chi connectivity index (χ2v) is 8.84. The largest absolute Gasteiger partial charge is 0.396 e. The third-order valence-corrected chi connectivity index (χ3v) is 7.31. The van der Waals surface area contributed by atoms with E-state index in [0.29, 0.717) is 25.3 Å². The van der Waals surface area contributed by atoms with Crippen LogP contribution in [0.5, 0.6) is 0 Å². The lowest BCUT2D eigenvalue weighted by Crippen LogP contribution is -2.62. The molecule has 2 rings (SSSR count). The lowest BCUT2D eigenvalue weighted by atomic mass is 9.54. The first-order valence-electron chi connectivity index (χ1n) is 8.77. The zero-order chi connectivity index (χ0) is 18.9. The standard InChI is InChI=1S/C17H28N4O3S2/c18-7-11-12(8-19)17(13(11)9-22)14(10-23)21-15(24)4-6-25-26-16-3-1-2-5-20-16/h1-3,5,11-14,17,22-23H,4,6-10,18-19H2,(H,21,24). The van der Waals surface area contributed by atoms with Gasteiger partial charge in [0.1, 0.15) is 5.03 Å². The Kier molecular flexibility index (Phi) is 9.17. The molecule has 1 saturated carbocycles. The minimum absolute atomic E-state index is 0.00796. The predicted octanol–water partition coefficient (Wildman–Crippen LogP) is 0.0772. The summed E-state index contributed by atoms with van der Waals surface area (Å²) in [6.45, 7) is 0.714. The van der Waals surface area contributed by atoms with Gasteiger partial charge in [-0.25, -0.2) is 4.98 Å². The Bertz CT molecular complexity index is 540. The highest BCUT2D eigenvalue weighted by Gasteiger charge is 2.51. The minimum Gasteiger partial charge on any atom is -0.396 e. The van der Waals surface area contributed by atoms with Crippen LogP contribution in [0.4, 0.5) is 0 Å². The molecule has 0 aliphatic heterocycles. The number of amides is 1.